The molecular weight excluding hydrogens is 140 g/mol. The molecule has 0 saturated heterocycles. The molecule has 62 valence electrons. The maximum absolute atomic E-state index is 4.96. The zero-order valence-corrected chi connectivity index (χ0v) is 7.08. The lowest BCUT2D eigenvalue weighted by Crippen LogP contribution is -2.17. The van der Waals surface area contributed by atoms with Crippen molar-refractivity contribution >= 4 is 0 Å². The van der Waals surface area contributed by atoms with Gasteiger partial charge in [-0.3, -0.25) is 4.90 Å². The smallest absolute Gasteiger partial charge is 0.150 e. The third-order valence-corrected chi connectivity index (χ3v) is 1.52. The average molecular weight is 154 g/mol. The number of hydrogen-bond donors (Lipinski definition) is 0. The van der Waals surface area contributed by atoms with E-state index in [1.54, 1.807) is 6.20 Å². The van der Waals surface area contributed by atoms with E-state index in [-0.39, 0.29) is 0 Å². The van der Waals surface area contributed by atoms with E-state index in [9.17, 15) is 0 Å². The van der Waals surface area contributed by atoms with Crippen LogP contribution >= 0.6 is 0 Å². The molecule has 3 nitrogen and oxygen atoms in total. The molecule has 0 radical (unpaired) electrons. The fraction of sp³-hybridized carbons (Fsp3) is 0.625. The van der Waals surface area contributed by atoms with Crippen molar-refractivity contribution in [2.75, 3.05) is 13.6 Å². The summed E-state index contributed by atoms with van der Waals surface area (Å²) in [6, 6.07) is 1.90. The molecule has 11 heavy (non-hydrogen) atoms. The van der Waals surface area contributed by atoms with E-state index in [2.05, 4.69) is 24.0 Å². The second-order valence-corrected chi connectivity index (χ2v) is 2.72. The quantitative estimate of drug-likeness (QED) is 0.658. The Morgan fingerprint density at radius 2 is 2.45 bits per heavy atom. The molecule has 1 aromatic rings. The summed E-state index contributed by atoms with van der Waals surface area (Å²) < 4.78 is 4.96. The van der Waals surface area contributed by atoms with Gasteiger partial charge in [-0.1, -0.05) is 12.1 Å². The second kappa shape index (κ2) is 4.13. The molecule has 1 heterocycles. The highest BCUT2D eigenvalue weighted by Gasteiger charge is 2.00. The zero-order chi connectivity index (χ0) is 8.10. The fourth-order valence-electron chi connectivity index (χ4n) is 1.05. The minimum atomic E-state index is 0.855. The minimum absolute atomic E-state index is 0.855. The fourth-order valence-corrected chi connectivity index (χ4v) is 1.05. The summed E-state index contributed by atoms with van der Waals surface area (Å²) in [5.41, 5.74) is 0. The van der Waals surface area contributed by atoms with Crippen molar-refractivity contribution in [1.29, 1.82) is 0 Å². The van der Waals surface area contributed by atoms with Crippen LogP contribution in [0, 0.1) is 0 Å². The van der Waals surface area contributed by atoms with Crippen LogP contribution in [0.15, 0.2) is 16.8 Å². The van der Waals surface area contributed by atoms with Crippen LogP contribution in [0.2, 0.25) is 0 Å². The molecule has 0 bridgehead atoms. The van der Waals surface area contributed by atoms with Crippen LogP contribution in [0.1, 0.15) is 19.1 Å². The van der Waals surface area contributed by atoms with Crippen molar-refractivity contribution < 1.29 is 4.52 Å². The SMILES string of the molecule is CCCN(C)Cc1ccno1. The Bertz CT molecular complexity index is 184. The summed E-state index contributed by atoms with van der Waals surface area (Å²) in [6.07, 6.45) is 2.85. The number of nitrogens with zero attached hydrogens (tertiary/aromatic N) is 2. The lowest BCUT2D eigenvalue weighted by molar-refractivity contribution is 0.273. The summed E-state index contributed by atoms with van der Waals surface area (Å²) in [7, 11) is 2.08. The topological polar surface area (TPSA) is 29.3 Å². The zero-order valence-electron chi connectivity index (χ0n) is 7.08. The molecule has 0 aliphatic carbocycles. The minimum Gasteiger partial charge on any atom is -0.360 e. The van der Waals surface area contributed by atoms with Gasteiger partial charge >= 0.3 is 0 Å². The van der Waals surface area contributed by atoms with Gasteiger partial charge in [-0.25, -0.2) is 0 Å². The predicted molar refractivity (Wildman–Crippen MR) is 43.1 cm³/mol. The molecule has 0 unspecified atom stereocenters. The summed E-state index contributed by atoms with van der Waals surface area (Å²) in [5, 5.41) is 3.63. The monoisotopic (exact) mass is 154 g/mol. The van der Waals surface area contributed by atoms with E-state index in [0.29, 0.717) is 0 Å². The van der Waals surface area contributed by atoms with Gasteiger partial charge in [0.25, 0.3) is 0 Å². The Morgan fingerprint density at radius 3 is 3.00 bits per heavy atom. The maximum atomic E-state index is 4.96. The molecule has 3 heteroatoms. The lowest BCUT2D eigenvalue weighted by Gasteiger charge is -2.12. The molecule has 1 rings (SSSR count). The first-order chi connectivity index (χ1) is 5.33. The summed E-state index contributed by atoms with van der Waals surface area (Å²) in [6.45, 7) is 4.12. The number of hydrogen-bond acceptors (Lipinski definition) is 3. The highest BCUT2D eigenvalue weighted by Crippen LogP contribution is 2.00. The Labute approximate surface area is 67.0 Å². The molecular formula is C8H14N2O. The van der Waals surface area contributed by atoms with E-state index in [1.165, 1.54) is 6.42 Å². The molecule has 1 aromatic heterocycles. The van der Waals surface area contributed by atoms with E-state index < -0.39 is 0 Å². The molecule has 0 amide bonds. The molecule has 0 aliphatic rings. The number of aromatic nitrogens is 1. The van der Waals surface area contributed by atoms with Gasteiger partial charge in [0.15, 0.2) is 5.76 Å². The Hall–Kier alpha value is -0.830. The van der Waals surface area contributed by atoms with Crippen molar-refractivity contribution in [3.05, 3.63) is 18.0 Å². The van der Waals surface area contributed by atoms with Gasteiger partial charge < -0.3 is 4.52 Å². The van der Waals surface area contributed by atoms with Crippen LogP contribution in [0.25, 0.3) is 0 Å². The Kier molecular flexibility index (Phi) is 3.11. The van der Waals surface area contributed by atoms with Gasteiger partial charge in [-0.15, -0.1) is 0 Å². The van der Waals surface area contributed by atoms with Gasteiger partial charge in [0.2, 0.25) is 0 Å². The van der Waals surface area contributed by atoms with Gasteiger partial charge in [0.1, 0.15) is 0 Å². The first-order valence-electron chi connectivity index (χ1n) is 3.91. The first kappa shape index (κ1) is 8.27. The molecule has 0 atom stereocenters. The summed E-state index contributed by atoms with van der Waals surface area (Å²) in [4.78, 5) is 2.21. The predicted octanol–water partition coefficient (Wildman–Crippen LogP) is 1.52. The molecule has 0 aliphatic heterocycles. The molecule has 0 saturated carbocycles. The third-order valence-electron chi connectivity index (χ3n) is 1.52. The second-order valence-electron chi connectivity index (χ2n) is 2.72. The maximum Gasteiger partial charge on any atom is 0.150 e. The third kappa shape index (κ3) is 2.72. The van der Waals surface area contributed by atoms with Crippen LogP contribution < -0.4 is 0 Å². The van der Waals surface area contributed by atoms with Crippen LogP contribution in [-0.4, -0.2) is 23.6 Å². The van der Waals surface area contributed by atoms with Gasteiger partial charge in [-0.05, 0) is 20.0 Å². The van der Waals surface area contributed by atoms with E-state index in [4.69, 9.17) is 4.52 Å². The largest absolute Gasteiger partial charge is 0.360 e. The van der Waals surface area contributed by atoms with Gasteiger partial charge in [0.05, 0.1) is 12.7 Å². The normalized spacial score (nSPS) is 10.8. The molecule has 0 aromatic carbocycles. The van der Waals surface area contributed by atoms with Crippen molar-refractivity contribution in [1.82, 2.24) is 10.1 Å². The Balaban J connectivity index is 2.31. The van der Waals surface area contributed by atoms with Crippen molar-refractivity contribution in [3.63, 3.8) is 0 Å². The van der Waals surface area contributed by atoms with Crippen molar-refractivity contribution in [2.24, 2.45) is 0 Å². The van der Waals surface area contributed by atoms with Crippen LogP contribution in [0.3, 0.4) is 0 Å². The van der Waals surface area contributed by atoms with E-state index in [1.807, 2.05) is 6.07 Å². The molecule has 0 spiro atoms. The van der Waals surface area contributed by atoms with Gasteiger partial charge in [-0.2, -0.15) is 0 Å². The van der Waals surface area contributed by atoms with E-state index in [0.717, 1.165) is 18.8 Å². The highest BCUT2D eigenvalue weighted by atomic mass is 16.5. The van der Waals surface area contributed by atoms with Crippen LogP contribution in [0.5, 0.6) is 0 Å². The van der Waals surface area contributed by atoms with Crippen LogP contribution in [-0.2, 0) is 6.54 Å². The molecule has 0 fully saturated rings. The van der Waals surface area contributed by atoms with Gasteiger partial charge in [0, 0.05) is 6.07 Å². The summed E-state index contributed by atoms with van der Waals surface area (Å²) >= 11 is 0. The summed E-state index contributed by atoms with van der Waals surface area (Å²) in [5.74, 6) is 0.931. The van der Waals surface area contributed by atoms with E-state index >= 15 is 0 Å². The first-order valence-corrected chi connectivity index (χ1v) is 3.91. The highest BCUT2D eigenvalue weighted by molar-refractivity contribution is 4.91. The average Bonchev–Trinajstić information content (AvgIpc) is 2.40. The molecule has 0 N–H and O–H groups in total. The van der Waals surface area contributed by atoms with Crippen molar-refractivity contribution in [3.8, 4) is 0 Å². The van der Waals surface area contributed by atoms with Crippen LogP contribution in [0.4, 0.5) is 0 Å². The van der Waals surface area contributed by atoms with Crippen molar-refractivity contribution in [2.45, 2.75) is 19.9 Å². The lowest BCUT2D eigenvalue weighted by atomic mass is 10.4. The standard InChI is InChI=1S/C8H14N2O/c1-3-6-10(2)7-8-4-5-9-11-8/h4-5H,3,6-7H2,1-2H3. The number of rotatable bonds is 4. The Morgan fingerprint density at radius 1 is 1.64 bits per heavy atom.